The normalized spacial score (nSPS) is 16.1. The molecule has 164 valence electrons. The van der Waals surface area contributed by atoms with Gasteiger partial charge in [0, 0.05) is 18.2 Å². The summed E-state index contributed by atoms with van der Waals surface area (Å²) < 4.78 is 10.1. The van der Waals surface area contributed by atoms with Crippen LogP contribution in [0.2, 0.25) is 10.0 Å². The minimum Gasteiger partial charge on any atom is -0.376 e. The molecule has 1 aliphatic rings. The van der Waals surface area contributed by atoms with E-state index in [1.54, 1.807) is 41.2 Å². The van der Waals surface area contributed by atoms with Gasteiger partial charge in [-0.2, -0.15) is 0 Å². The highest BCUT2D eigenvalue weighted by molar-refractivity contribution is 6.32. The van der Waals surface area contributed by atoms with Crippen LogP contribution in [0.3, 0.4) is 0 Å². The number of nitrogens with zero attached hydrogens (tertiary/aromatic N) is 4. The number of fused-ring (bicyclic) bond motifs is 1. The van der Waals surface area contributed by atoms with E-state index in [0.29, 0.717) is 34.4 Å². The van der Waals surface area contributed by atoms with Crippen molar-refractivity contribution in [3.63, 3.8) is 0 Å². The molecule has 1 atom stereocenters. The smallest absolute Gasteiger partial charge is 0.337 e. The largest absolute Gasteiger partial charge is 0.376 e. The minimum atomic E-state index is -0.487. The Labute approximate surface area is 193 Å². The molecule has 0 saturated carbocycles. The van der Waals surface area contributed by atoms with Gasteiger partial charge in [0.1, 0.15) is 0 Å². The number of hydrogen-bond acceptors (Lipinski definition) is 4. The van der Waals surface area contributed by atoms with Crippen molar-refractivity contribution in [3.8, 4) is 5.69 Å². The fourth-order valence-electron chi connectivity index (χ4n) is 4.13. The van der Waals surface area contributed by atoms with Crippen LogP contribution in [0.4, 0.5) is 0 Å². The molecule has 9 heteroatoms. The average molecular weight is 471 g/mol. The molecule has 7 nitrogen and oxygen atoms in total. The Bertz CT molecular complexity index is 1420. The third kappa shape index (κ3) is 3.77. The first-order chi connectivity index (χ1) is 15.5. The fraction of sp³-hybridized carbons (Fsp3) is 0.261. The monoisotopic (exact) mass is 470 g/mol. The standard InChI is InChI=1S/C23H20Cl2N4O3/c24-16-6-3-5-15(11-16)12-27-14-26-21-20(27)22(30)28(13-17-7-4-10-32-17)23(31)29(21)19-9-2-1-8-18(19)25/h1-3,5-6,8-9,11,14,17H,4,7,10,12-13H2/t17-/m0/s1. The van der Waals surface area contributed by atoms with Crippen molar-refractivity contribution in [1.29, 1.82) is 0 Å². The Morgan fingerprint density at radius 3 is 2.69 bits per heavy atom. The van der Waals surface area contributed by atoms with Gasteiger partial charge in [0.15, 0.2) is 11.2 Å². The van der Waals surface area contributed by atoms with Gasteiger partial charge in [0.05, 0.1) is 29.7 Å². The summed E-state index contributed by atoms with van der Waals surface area (Å²) in [6.45, 7) is 1.19. The highest BCUT2D eigenvalue weighted by Gasteiger charge is 2.24. The number of imidazole rings is 1. The molecule has 0 N–H and O–H groups in total. The molecule has 3 heterocycles. The molecular weight excluding hydrogens is 451 g/mol. The Kier molecular flexibility index (Phi) is 5.63. The maximum Gasteiger partial charge on any atom is 0.337 e. The number of rotatable bonds is 5. The molecule has 0 amide bonds. The molecule has 32 heavy (non-hydrogen) atoms. The number of benzene rings is 2. The molecule has 0 unspecified atom stereocenters. The van der Waals surface area contributed by atoms with Crippen LogP contribution in [0.5, 0.6) is 0 Å². The minimum absolute atomic E-state index is 0.179. The lowest BCUT2D eigenvalue weighted by molar-refractivity contribution is 0.0950. The van der Waals surface area contributed by atoms with Crippen LogP contribution >= 0.6 is 23.2 Å². The lowest BCUT2D eigenvalue weighted by Gasteiger charge is -2.16. The first-order valence-corrected chi connectivity index (χ1v) is 11.1. The van der Waals surface area contributed by atoms with Gasteiger partial charge in [-0.3, -0.25) is 9.36 Å². The Hall–Kier alpha value is -2.87. The quantitative estimate of drug-likeness (QED) is 0.443. The van der Waals surface area contributed by atoms with Gasteiger partial charge < -0.3 is 9.30 Å². The van der Waals surface area contributed by atoms with Gasteiger partial charge in [0.25, 0.3) is 5.56 Å². The van der Waals surface area contributed by atoms with Gasteiger partial charge in [0.2, 0.25) is 0 Å². The van der Waals surface area contributed by atoms with E-state index in [9.17, 15) is 9.59 Å². The van der Waals surface area contributed by atoms with E-state index in [0.717, 1.165) is 18.4 Å². The number of para-hydroxylation sites is 1. The molecule has 1 aliphatic heterocycles. The summed E-state index contributed by atoms with van der Waals surface area (Å²) in [6, 6.07) is 14.4. The summed E-state index contributed by atoms with van der Waals surface area (Å²) in [4.78, 5) is 31.5. The van der Waals surface area contributed by atoms with Gasteiger partial charge >= 0.3 is 5.69 Å². The van der Waals surface area contributed by atoms with Gasteiger partial charge in [-0.15, -0.1) is 0 Å². The maximum atomic E-state index is 13.5. The van der Waals surface area contributed by atoms with E-state index in [4.69, 9.17) is 27.9 Å². The summed E-state index contributed by atoms with van der Waals surface area (Å²) in [5.74, 6) is 0. The second-order valence-corrected chi connectivity index (χ2v) is 8.64. The van der Waals surface area contributed by atoms with Crippen LogP contribution in [-0.2, 0) is 17.8 Å². The highest BCUT2D eigenvalue weighted by Crippen LogP contribution is 2.22. The summed E-state index contributed by atoms with van der Waals surface area (Å²) in [5, 5.41) is 0.998. The predicted molar refractivity (Wildman–Crippen MR) is 124 cm³/mol. The zero-order chi connectivity index (χ0) is 22.2. The topological polar surface area (TPSA) is 71.0 Å². The van der Waals surface area contributed by atoms with E-state index in [2.05, 4.69) is 4.98 Å². The SMILES string of the molecule is O=c1c2c(ncn2Cc2cccc(Cl)c2)n(-c2ccccc2Cl)c(=O)n1C[C@@H]1CCCO1. The van der Waals surface area contributed by atoms with Crippen LogP contribution in [0.1, 0.15) is 18.4 Å². The van der Waals surface area contributed by atoms with Crippen LogP contribution in [0, 0.1) is 0 Å². The van der Waals surface area contributed by atoms with E-state index >= 15 is 0 Å². The third-order valence-electron chi connectivity index (χ3n) is 5.65. The first-order valence-electron chi connectivity index (χ1n) is 10.3. The zero-order valence-corrected chi connectivity index (χ0v) is 18.6. The zero-order valence-electron chi connectivity index (χ0n) is 17.1. The van der Waals surface area contributed by atoms with Crippen molar-refractivity contribution >= 4 is 34.4 Å². The maximum absolute atomic E-state index is 13.5. The Morgan fingerprint density at radius 1 is 1.09 bits per heavy atom. The van der Waals surface area contributed by atoms with Crippen molar-refractivity contribution < 1.29 is 4.74 Å². The lowest BCUT2D eigenvalue weighted by Crippen LogP contribution is -2.42. The molecule has 0 aliphatic carbocycles. The number of halogens is 2. The van der Waals surface area contributed by atoms with Crippen molar-refractivity contribution in [1.82, 2.24) is 18.7 Å². The third-order valence-corrected chi connectivity index (χ3v) is 6.20. The molecule has 0 radical (unpaired) electrons. The first kappa shape index (κ1) is 21.0. The van der Waals surface area contributed by atoms with Crippen molar-refractivity contribution in [2.75, 3.05) is 6.61 Å². The molecule has 0 spiro atoms. The van der Waals surface area contributed by atoms with Crippen LogP contribution < -0.4 is 11.2 Å². The van der Waals surface area contributed by atoms with Gasteiger partial charge in [-0.25, -0.2) is 14.3 Å². The highest BCUT2D eigenvalue weighted by atomic mass is 35.5. The van der Waals surface area contributed by atoms with Crippen molar-refractivity contribution in [2.24, 2.45) is 0 Å². The summed E-state index contributed by atoms with van der Waals surface area (Å²) in [5.41, 5.74) is 1.08. The second kappa shape index (κ2) is 8.58. The number of ether oxygens (including phenoxy) is 1. The van der Waals surface area contributed by atoms with Crippen LogP contribution in [0.25, 0.3) is 16.9 Å². The van der Waals surface area contributed by atoms with E-state index < -0.39 is 11.2 Å². The summed E-state index contributed by atoms with van der Waals surface area (Å²) in [7, 11) is 0. The molecular formula is C23H20Cl2N4O3. The van der Waals surface area contributed by atoms with Crippen LogP contribution in [-0.4, -0.2) is 31.4 Å². The van der Waals surface area contributed by atoms with E-state index in [-0.39, 0.29) is 18.3 Å². The molecule has 0 bridgehead atoms. The van der Waals surface area contributed by atoms with Gasteiger partial charge in [-0.05, 0) is 42.7 Å². The fourth-order valence-corrected chi connectivity index (χ4v) is 4.57. The molecule has 1 fully saturated rings. The van der Waals surface area contributed by atoms with Gasteiger partial charge in [-0.1, -0.05) is 47.5 Å². The van der Waals surface area contributed by atoms with Crippen molar-refractivity contribution in [3.05, 3.63) is 91.3 Å². The van der Waals surface area contributed by atoms with E-state index in [1.165, 1.54) is 9.13 Å². The van der Waals surface area contributed by atoms with E-state index in [1.807, 2.05) is 18.2 Å². The second-order valence-electron chi connectivity index (χ2n) is 7.79. The predicted octanol–water partition coefficient (Wildman–Crippen LogP) is 3.88. The molecule has 5 rings (SSSR count). The summed E-state index contributed by atoms with van der Waals surface area (Å²) >= 11 is 12.6. The number of hydrogen-bond donors (Lipinski definition) is 0. The summed E-state index contributed by atoms with van der Waals surface area (Å²) in [6.07, 6.45) is 3.10. The van der Waals surface area contributed by atoms with Crippen LogP contribution in [0.15, 0.2) is 64.4 Å². The lowest BCUT2D eigenvalue weighted by atomic mass is 10.2. The molecule has 2 aromatic heterocycles. The van der Waals surface area contributed by atoms with Crippen molar-refractivity contribution in [2.45, 2.75) is 32.0 Å². The average Bonchev–Trinajstić information content (AvgIpc) is 3.43. The Balaban J connectivity index is 1.75. The number of aromatic nitrogens is 4. The molecule has 1 saturated heterocycles. The molecule has 4 aromatic rings. The molecule has 2 aromatic carbocycles. The Morgan fingerprint density at radius 2 is 1.94 bits per heavy atom.